The van der Waals surface area contributed by atoms with Crippen molar-refractivity contribution in [1.29, 1.82) is 0 Å². The van der Waals surface area contributed by atoms with E-state index in [0.29, 0.717) is 5.75 Å². The molecular weight excluding hydrogens is 368 g/mol. The predicted molar refractivity (Wildman–Crippen MR) is 111 cm³/mol. The fourth-order valence-corrected chi connectivity index (χ4v) is 4.40. The van der Waals surface area contributed by atoms with E-state index < -0.39 is 22.8 Å². The van der Waals surface area contributed by atoms with Crippen molar-refractivity contribution in [3.8, 4) is 5.75 Å². The van der Waals surface area contributed by atoms with Crippen LogP contribution in [0.4, 0.5) is 0 Å². The number of aliphatic carboxylic acids is 2. The van der Waals surface area contributed by atoms with Gasteiger partial charge in [-0.3, -0.25) is 9.59 Å². The molecule has 0 aromatic heterocycles. The standard InChI is InChI=1S/C24H34O5/c25-20-18(8-3-1-2-5-12-23(14-15-23)21(26)27)10-7-11-19(20)9-4-6-13-24(16-17-24)22(28)29/h7,10-11,25H,1-6,8-9,12-17H2,(H,26,27)(H,28,29). The number of aryl methyl sites for hydroxylation is 2. The molecule has 29 heavy (non-hydrogen) atoms. The van der Waals surface area contributed by atoms with Crippen LogP contribution in [0.3, 0.4) is 0 Å². The third-order valence-corrected chi connectivity index (χ3v) is 7.02. The molecule has 2 saturated carbocycles. The molecule has 0 amide bonds. The Morgan fingerprint density at radius 2 is 1.14 bits per heavy atom. The van der Waals surface area contributed by atoms with E-state index in [4.69, 9.17) is 0 Å². The number of phenols is 1. The van der Waals surface area contributed by atoms with E-state index in [9.17, 15) is 24.9 Å². The molecule has 2 aliphatic carbocycles. The summed E-state index contributed by atoms with van der Waals surface area (Å²) in [6, 6.07) is 5.93. The zero-order chi connectivity index (χ0) is 20.9. The van der Waals surface area contributed by atoms with Gasteiger partial charge in [-0.1, -0.05) is 43.9 Å². The SMILES string of the molecule is O=C(O)C1(CCCCCCc2cccc(CCCCC3(C(=O)O)CC3)c2O)CC1. The largest absolute Gasteiger partial charge is 0.507 e. The summed E-state index contributed by atoms with van der Waals surface area (Å²) in [5.74, 6) is -0.887. The van der Waals surface area contributed by atoms with E-state index in [-0.39, 0.29) is 0 Å². The van der Waals surface area contributed by atoms with Crippen molar-refractivity contribution < 1.29 is 24.9 Å². The average molecular weight is 403 g/mol. The van der Waals surface area contributed by atoms with Crippen LogP contribution in [0, 0.1) is 10.8 Å². The van der Waals surface area contributed by atoms with Crippen LogP contribution in [-0.4, -0.2) is 27.3 Å². The van der Waals surface area contributed by atoms with Gasteiger partial charge < -0.3 is 15.3 Å². The number of aromatic hydroxyl groups is 1. The second-order valence-corrected chi connectivity index (χ2v) is 9.22. The Hall–Kier alpha value is -2.04. The van der Waals surface area contributed by atoms with Gasteiger partial charge in [0.1, 0.15) is 5.75 Å². The molecule has 0 radical (unpaired) electrons. The number of unbranched alkanes of at least 4 members (excludes halogenated alkanes) is 4. The van der Waals surface area contributed by atoms with E-state index in [1.54, 1.807) is 0 Å². The lowest BCUT2D eigenvalue weighted by atomic mass is 9.95. The van der Waals surface area contributed by atoms with Crippen LogP contribution in [0.25, 0.3) is 0 Å². The zero-order valence-corrected chi connectivity index (χ0v) is 17.3. The minimum atomic E-state index is -0.655. The molecule has 2 aliphatic rings. The molecule has 0 aliphatic heterocycles. The number of benzene rings is 1. The van der Waals surface area contributed by atoms with Crippen molar-refractivity contribution in [3.05, 3.63) is 29.3 Å². The third-order valence-electron chi connectivity index (χ3n) is 7.02. The van der Waals surface area contributed by atoms with Crippen LogP contribution >= 0.6 is 0 Å². The molecule has 0 atom stereocenters. The van der Waals surface area contributed by atoms with Crippen molar-refractivity contribution in [1.82, 2.24) is 0 Å². The molecule has 0 bridgehead atoms. The van der Waals surface area contributed by atoms with E-state index >= 15 is 0 Å². The minimum absolute atomic E-state index is 0.398. The summed E-state index contributed by atoms with van der Waals surface area (Å²) < 4.78 is 0. The second kappa shape index (κ2) is 9.19. The molecular formula is C24H34O5. The molecule has 5 heteroatoms. The van der Waals surface area contributed by atoms with Crippen molar-refractivity contribution in [2.75, 3.05) is 0 Å². The van der Waals surface area contributed by atoms with Crippen LogP contribution in [0.15, 0.2) is 18.2 Å². The molecule has 3 N–H and O–H groups in total. The van der Waals surface area contributed by atoms with Gasteiger partial charge in [0, 0.05) is 0 Å². The molecule has 5 nitrogen and oxygen atoms in total. The zero-order valence-electron chi connectivity index (χ0n) is 17.3. The van der Waals surface area contributed by atoms with Crippen molar-refractivity contribution in [2.24, 2.45) is 10.8 Å². The highest BCUT2D eigenvalue weighted by Gasteiger charge is 2.49. The van der Waals surface area contributed by atoms with E-state index in [0.717, 1.165) is 101 Å². The summed E-state index contributed by atoms with van der Waals surface area (Å²) in [6.07, 6.45) is 12.3. The second-order valence-electron chi connectivity index (χ2n) is 9.22. The Labute approximate surface area is 173 Å². The molecule has 0 unspecified atom stereocenters. The van der Waals surface area contributed by atoms with Crippen LogP contribution in [-0.2, 0) is 22.4 Å². The summed E-state index contributed by atoms with van der Waals surface area (Å²) in [6.45, 7) is 0. The Balaban J connectivity index is 1.34. The molecule has 0 heterocycles. The van der Waals surface area contributed by atoms with E-state index in [1.807, 2.05) is 18.2 Å². The van der Waals surface area contributed by atoms with Crippen molar-refractivity contribution >= 4 is 11.9 Å². The van der Waals surface area contributed by atoms with Gasteiger partial charge in [-0.2, -0.15) is 0 Å². The summed E-state index contributed by atoms with van der Waals surface area (Å²) in [7, 11) is 0. The smallest absolute Gasteiger partial charge is 0.309 e. The topological polar surface area (TPSA) is 94.8 Å². The molecule has 1 aromatic rings. The van der Waals surface area contributed by atoms with Gasteiger partial charge in [-0.25, -0.2) is 0 Å². The Kier molecular flexibility index (Phi) is 6.86. The first-order valence-corrected chi connectivity index (χ1v) is 11.2. The summed E-state index contributed by atoms with van der Waals surface area (Å²) in [5, 5.41) is 29.0. The average Bonchev–Trinajstić information content (AvgIpc) is 3.59. The van der Waals surface area contributed by atoms with Gasteiger partial charge in [-0.05, 0) is 75.3 Å². The van der Waals surface area contributed by atoms with Gasteiger partial charge in [-0.15, -0.1) is 0 Å². The molecule has 160 valence electrons. The van der Waals surface area contributed by atoms with Gasteiger partial charge in [0.2, 0.25) is 0 Å². The highest BCUT2D eigenvalue weighted by atomic mass is 16.4. The first-order chi connectivity index (χ1) is 13.9. The first-order valence-electron chi connectivity index (χ1n) is 11.2. The number of hydrogen-bond acceptors (Lipinski definition) is 3. The summed E-state index contributed by atoms with van der Waals surface area (Å²) in [5.41, 5.74) is 1.08. The number of carbonyl (C=O) groups is 2. The quantitative estimate of drug-likeness (QED) is 0.366. The van der Waals surface area contributed by atoms with Crippen molar-refractivity contribution in [2.45, 2.75) is 89.9 Å². The lowest BCUT2D eigenvalue weighted by Crippen LogP contribution is -2.14. The maximum atomic E-state index is 11.2. The number of hydrogen-bond donors (Lipinski definition) is 3. The van der Waals surface area contributed by atoms with Crippen LogP contribution in [0.2, 0.25) is 0 Å². The fraction of sp³-hybridized carbons (Fsp3) is 0.667. The first kappa shape index (κ1) is 21.7. The number of phenolic OH excluding ortho intramolecular Hbond substituents is 1. The third kappa shape index (κ3) is 5.52. The van der Waals surface area contributed by atoms with E-state index in [2.05, 4.69) is 0 Å². The Morgan fingerprint density at radius 3 is 1.59 bits per heavy atom. The molecule has 1 aromatic carbocycles. The van der Waals surface area contributed by atoms with Gasteiger partial charge >= 0.3 is 11.9 Å². The summed E-state index contributed by atoms with van der Waals surface area (Å²) >= 11 is 0. The maximum absolute atomic E-state index is 11.2. The lowest BCUT2D eigenvalue weighted by molar-refractivity contribution is -0.144. The minimum Gasteiger partial charge on any atom is -0.507 e. The van der Waals surface area contributed by atoms with Gasteiger partial charge in [0.15, 0.2) is 0 Å². The highest BCUT2D eigenvalue weighted by Crippen LogP contribution is 2.50. The normalized spacial score (nSPS) is 18.3. The summed E-state index contributed by atoms with van der Waals surface area (Å²) in [4.78, 5) is 22.4. The highest BCUT2D eigenvalue weighted by molar-refractivity contribution is 5.78. The lowest BCUT2D eigenvalue weighted by Gasteiger charge is -2.12. The fourth-order valence-electron chi connectivity index (χ4n) is 4.40. The predicted octanol–water partition coefficient (Wildman–Crippen LogP) is 5.33. The number of carboxylic acids is 2. The monoisotopic (exact) mass is 402 g/mol. The molecule has 2 fully saturated rings. The molecule has 0 spiro atoms. The Morgan fingerprint density at radius 1 is 0.724 bits per heavy atom. The van der Waals surface area contributed by atoms with Crippen LogP contribution in [0.5, 0.6) is 5.75 Å². The molecule has 0 saturated heterocycles. The van der Waals surface area contributed by atoms with E-state index in [1.165, 1.54) is 0 Å². The van der Waals surface area contributed by atoms with Crippen LogP contribution in [0.1, 0.15) is 88.2 Å². The van der Waals surface area contributed by atoms with Crippen LogP contribution < -0.4 is 0 Å². The number of carboxylic acid groups (broad SMARTS) is 2. The maximum Gasteiger partial charge on any atom is 0.309 e. The number of rotatable bonds is 14. The van der Waals surface area contributed by atoms with Gasteiger partial charge in [0.25, 0.3) is 0 Å². The Bertz CT molecular complexity index is 731. The molecule has 3 rings (SSSR count). The van der Waals surface area contributed by atoms with Gasteiger partial charge in [0.05, 0.1) is 10.8 Å². The number of para-hydroxylation sites is 1. The van der Waals surface area contributed by atoms with Crippen molar-refractivity contribution in [3.63, 3.8) is 0 Å².